The molecule has 0 radical (unpaired) electrons. The maximum atomic E-state index is 13.1. The number of halogens is 1. The van der Waals surface area contributed by atoms with E-state index < -0.39 is 0 Å². The van der Waals surface area contributed by atoms with Crippen LogP contribution in [0, 0.1) is 12.7 Å². The fourth-order valence-corrected chi connectivity index (χ4v) is 3.48. The molecule has 27 heavy (non-hydrogen) atoms. The Morgan fingerprint density at radius 3 is 2.78 bits per heavy atom. The van der Waals surface area contributed by atoms with Crippen molar-refractivity contribution in [3.05, 3.63) is 71.4 Å². The number of amides is 1. The molecule has 3 aromatic rings. The van der Waals surface area contributed by atoms with E-state index in [0.29, 0.717) is 30.2 Å². The van der Waals surface area contributed by atoms with Crippen molar-refractivity contribution in [3.8, 4) is 11.4 Å². The molecule has 0 bridgehead atoms. The predicted octanol–water partition coefficient (Wildman–Crippen LogP) is 4.09. The quantitative estimate of drug-likeness (QED) is 0.699. The molecule has 0 unspecified atom stereocenters. The van der Waals surface area contributed by atoms with Crippen molar-refractivity contribution in [2.24, 2.45) is 0 Å². The monoisotopic (exact) mass is 365 g/mol. The number of carbonyl (C=O) groups is 1. The molecule has 0 aliphatic carbocycles. The first-order chi connectivity index (χ1) is 13.1. The van der Waals surface area contributed by atoms with Crippen LogP contribution in [0.4, 0.5) is 4.39 Å². The molecule has 2 heterocycles. The fourth-order valence-electron chi connectivity index (χ4n) is 3.48. The third kappa shape index (κ3) is 3.60. The Morgan fingerprint density at radius 2 is 2.00 bits per heavy atom. The summed E-state index contributed by atoms with van der Waals surface area (Å²) in [6.45, 7) is 2.70. The molecule has 1 aromatic heterocycles. The van der Waals surface area contributed by atoms with E-state index in [1.807, 2.05) is 36.1 Å². The van der Waals surface area contributed by atoms with Gasteiger partial charge < -0.3 is 9.42 Å². The van der Waals surface area contributed by atoms with Gasteiger partial charge in [0.15, 0.2) is 0 Å². The lowest BCUT2D eigenvalue weighted by atomic mass is 10.1. The minimum Gasteiger partial charge on any atom is -0.337 e. The van der Waals surface area contributed by atoms with Gasteiger partial charge in [0.2, 0.25) is 17.6 Å². The number of likely N-dealkylation sites (tertiary alicyclic amines) is 1. The number of benzene rings is 2. The largest absolute Gasteiger partial charge is 0.337 e. The van der Waals surface area contributed by atoms with Crippen molar-refractivity contribution in [3.63, 3.8) is 0 Å². The molecular weight excluding hydrogens is 345 g/mol. The molecule has 6 heteroatoms. The second-order valence-electron chi connectivity index (χ2n) is 6.81. The molecular formula is C21H20FN3O2. The van der Waals surface area contributed by atoms with Crippen LogP contribution in [0.15, 0.2) is 53.1 Å². The van der Waals surface area contributed by atoms with Gasteiger partial charge in [-0.3, -0.25) is 4.79 Å². The Labute approximate surface area is 156 Å². The zero-order valence-corrected chi connectivity index (χ0v) is 15.1. The number of hydrogen-bond acceptors (Lipinski definition) is 4. The number of hydrogen-bond donors (Lipinski definition) is 0. The van der Waals surface area contributed by atoms with E-state index in [9.17, 15) is 9.18 Å². The average molecular weight is 365 g/mol. The number of aryl methyl sites for hydroxylation is 1. The lowest BCUT2D eigenvalue weighted by Crippen LogP contribution is -2.32. The number of rotatable bonds is 4. The Bertz CT molecular complexity index is 952. The Balaban J connectivity index is 1.52. The van der Waals surface area contributed by atoms with E-state index in [1.54, 1.807) is 12.1 Å². The minimum absolute atomic E-state index is 0.0633. The van der Waals surface area contributed by atoms with E-state index in [0.717, 1.165) is 24.0 Å². The molecule has 4 rings (SSSR count). The van der Waals surface area contributed by atoms with Gasteiger partial charge in [-0.25, -0.2) is 4.39 Å². The first-order valence-corrected chi connectivity index (χ1v) is 9.05. The van der Waals surface area contributed by atoms with Gasteiger partial charge in [-0.05, 0) is 55.2 Å². The van der Waals surface area contributed by atoms with Gasteiger partial charge in [0.25, 0.3) is 0 Å². The van der Waals surface area contributed by atoms with Gasteiger partial charge in [0.05, 0.1) is 6.42 Å². The van der Waals surface area contributed by atoms with E-state index in [1.165, 1.54) is 12.1 Å². The first-order valence-electron chi connectivity index (χ1n) is 9.05. The van der Waals surface area contributed by atoms with E-state index in [2.05, 4.69) is 10.1 Å². The number of aromatic nitrogens is 2. The molecule has 1 aliphatic heterocycles. The zero-order chi connectivity index (χ0) is 18.8. The minimum atomic E-state index is -0.314. The summed E-state index contributed by atoms with van der Waals surface area (Å²) in [7, 11) is 0. The van der Waals surface area contributed by atoms with Gasteiger partial charge in [0.1, 0.15) is 11.9 Å². The predicted molar refractivity (Wildman–Crippen MR) is 98.3 cm³/mol. The lowest BCUT2D eigenvalue weighted by Gasteiger charge is -2.22. The first kappa shape index (κ1) is 17.4. The highest BCUT2D eigenvalue weighted by Gasteiger charge is 2.34. The molecule has 138 valence electrons. The summed E-state index contributed by atoms with van der Waals surface area (Å²) >= 11 is 0. The standard InChI is InChI=1S/C21H20FN3O2/c1-14-5-2-3-6-16(14)13-19(26)25-12-4-7-18(25)21-23-20(24-27-21)15-8-10-17(22)11-9-15/h2-3,5-6,8-11,18H,4,7,12-13H2,1H3/t18-/m1/s1. The third-order valence-corrected chi connectivity index (χ3v) is 5.01. The van der Waals surface area contributed by atoms with Crippen LogP contribution in [0.5, 0.6) is 0 Å². The molecule has 0 N–H and O–H groups in total. The summed E-state index contributed by atoms with van der Waals surface area (Å²) in [5.74, 6) is 0.590. The Hall–Kier alpha value is -3.02. The molecule has 0 spiro atoms. The molecule has 1 fully saturated rings. The van der Waals surface area contributed by atoms with E-state index >= 15 is 0 Å². The summed E-state index contributed by atoms with van der Waals surface area (Å²) in [6, 6.07) is 13.6. The summed E-state index contributed by atoms with van der Waals surface area (Å²) in [5.41, 5.74) is 2.82. The van der Waals surface area contributed by atoms with Crippen LogP contribution in [0.3, 0.4) is 0 Å². The lowest BCUT2D eigenvalue weighted by molar-refractivity contribution is -0.131. The van der Waals surface area contributed by atoms with E-state index in [-0.39, 0.29) is 17.8 Å². The van der Waals surface area contributed by atoms with Crippen LogP contribution in [0.25, 0.3) is 11.4 Å². The van der Waals surface area contributed by atoms with Gasteiger partial charge >= 0.3 is 0 Å². The van der Waals surface area contributed by atoms with Crippen molar-refractivity contribution in [2.45, 2.75) is 32.2 Å². The fraction of sp³-hybridized carbons (Fsp3) is 0.286. The van der Waals surface area contributed by atoms with Crippen molar-refractivity contribution in [1.29, 1.82) is 0 Å². The number of carbonyl (C=O) groups excluding carboxylic acids is 1. The summed E-state index contributed by atoms with van der Waals surface area (Å²) < 4.78 is 18.5. The van der Waals surface area contributed by atoms with Crippen LogP contribution in [-0.2, 0) is 11.2 Å². The second-order valence-corrected chi connectivity index (χ2v) is 6.81. The molecule has 5 nitrogen and oxygen atoms in total. The smallest absolute Gasteiger partial charge is 0.249 e. The topological polar surface area (TPSA) is 59.2 Å². The Kier molecular flexibility index (Phi) is 4.71. The van der Waals surface area contributed by atoms with Crippen LogP contribution in [0.1, 0.15) is 35.9 Å². The molecule has 1 aliphatic rings. The molecule has 0 saturated carbocycles. The third-order valence-electron chi connectivity index (χ3n) is 5.01. The van der Waals surface area contributed by atoms with Crippen LogP contribution >= 0.6 is 0 Å². The van der Waals surface area contributed by atoms with Crippen LogP contribution in [-0.4, -0.2) is 27.5 Å². The van der Waals surface area contributed by atoms with Gasteiger partial charge in [0, 0.05) is 12.1 Å². The summed E-state index contributed by atoms with van der Waals surface area (Å²) in [5, 5.41) is 4.01. The molecule has 2 aromatic carbocycles. The maximum Gasteiger partial charge on any atom is 0.249 e. The normalized spacial score (nSPS) is 16.7. The molecule has 1 atom stereocenters. The summed E-state index contributed by atoms with van der Waals surface area (Å²) in [4.78, 5) is 19.1. The summed E-state index contributed by atoms with van der Waals surface area (Å²) in [6.07, 6.45) is 2.06. The zero-order valence-electron chi connectivity index (χ0n) is 15.1. The highest BCUT2D eigenvalue weighted by molar-refractivity contribution is 5.79. The SMILES string of the molecule is Cc1ccccc1CC(=O)N1CCC[C@@H]1c1nc(-c2ccc(F)cc2)no1. The van der Waals surface area contributed by atoms with Crippen molar-refractivity contribution < 1.29 is 13.7 Å². The number of nitrogens with zero attached hydrogens (tertiary/aromatic N) is 3. The van der Waals surface area contributed by atoms with Crippen molar-refractivity contribution in [1.82, 2.24) is 15.0 Å². The van der Waals surface area contributed by atoms with Crippen molar-refractivity contribution in [2.75, 3.05) is 6.54 Å². The highest BCUT2D eigenvalue weighted by Crippen LogP contribution is 2.32. The maximum absolute atomic E-state index is 13.1. The van der Waals surface area contributed by atoms with Crippen LogP contribution in [0.2, 0.25) is 0 Å². The van der Waals surface area contributed by atoms with Gasteiger partial charge in [-0.1, -0.05) is 29.4 Å². The van der Waals surface area contributed by atoms with Gasteiger partial charge in [-0.15, -0.1) is 0 Å². The molecule has 1 amide bonds. The average Bonchev–Trinajstić information content (AvgIpc) is 3.33. The molecule has 1 saturated heterocycles. The highest BCUT2D eigenvalue weighted by atomic mass is 19.1. The second kappa shape index (κ2) is 7.31. The van der Waals surface area contributed by atoms with Gasteiger partial charge in [-0.2, -0.15) is 4.98 Å². The van der Waals surface area contributed by atoms with Crippen LogP contribution < -0.4 is 0 Å². The van der Waals surface area contributed by atoms with Crippen molar-refractivity contribution >= 4 is 5.91 Å². The Morgan fingerprint density at radius 1 is 1.22 bits per heavy atom. The van der Waals surface area contributed by atoms with E-state index in [4.69, 9.17) is 4.52 Å².